The topological polar surface area (TPSA) is 62.7 Å². The summed E-state index contributed by atoms with van der Waals surface area (Å²) in [7, 11) is 1.79. The van der Waals surface area contributed by atoms with Gasteiger partial charge in [0, 0.05) is 44.5 Å². The molecule has 0 saturated carbocycles. The Morgan fingerprint density at radius 1 is 1.41 bits per heavy atom. The second-order valence-corrected chi connectivity index (χ2v) is 6.06. The lowest BCUT2D eigenvalue weighted by Gasteiger charge is -2.37. The maximum atomic E-state index is 12.7. The lowest BCUT2D eigenvalue weighted by Crippen LogP contribution is -2.49. The maximum absolute atomic E-state index is 12.7. The monoisotopic (exact) mass is 303 g/mol. The summed E-state index contributed by atoms with van der Waals surface area (Å²) in [5.74, 6) is 0.198. The molecule has 0 bridgehead atoms. The first-order chi connectivity index (χ1) is 10.6. The Morgan fingerprint density at radius 3 is 3.00 bits per heavy atom. The van der Waals surface area contributed by atoms with Crippen LogP contribution in [0.1, 0.15) is 22.5 Å². The zero-order chi connectivity index (χ0) is 15.7. The number of carbonyl (C=O) groups excluding carboxylic acids is 2. The highest BCUT2D eigenvalue weighted by Crippen LogP contribution is 2.25. The van der Waals surface area contributed by atoms with Crippen molar-refractivity contribution in [1.29, 1.82) is 0 Å². The third-order valence-electron chi connectivity index (χ3n) is 4.54. The molecule has 2 fully saturated rings. The summed E-state index contributed by atoms with van der Waals surface area (Å²) in [5.41, 5.74) is 1.40. The van der Waals surface area contributed by atoms with Crippen LogP contribution in [0.4, 0.5) is 0 Å². The molecule has 2 atom stereocenters. The smallest absolute Gasteiger partial charge is 0.255 e. The number of ether oxygens (including phenoxy) is 1. The minimum absolute atomic E-state index is 0.00961. The molecule has 1 aromatic rings. The first-order valence-corrected chi connectivity index (χ1v) is 7.62. The van der Waals surface area contributed by atoms with Crippen molar-refractivity contribution in [3.05, 3.63) is 29.6 Å². The average Bonchev–Trinajstić information content (AvgIpc) is 2.66. The van der Waals surface area contributed by atoms with Gasteiger partial charge in [-0.3, -0.25) is 14.6 Å². The van der Waals surface area contributed by atoms with Gasteiger partial charge in [-0.15, -0.1) is 0 Å². The van der Waals surface area contributed by atoms with E-state index < -0.39 is 0 Å². The Morgan fingerprint density at radius 2 is 2.23 bits per heavy atom. The average molecular weight is 303 g/mol. The van der Waals surface area contributed by atoms with Crippen molar-refractivity contribution in [3.63, 3.8) is 0 Å². The van der Waals surface area contributed by atoms with Gasteiger partial charge in [0.15, 0.2) is 0 Å². The van der Waals surface area contributed by atoms with Crippen LogP contribution in [0.3, 0.4) is 0 Å². The number of pyridine rings is 1. The predicted octanol–water partition coefficient (Wildman–Crippen LogP) is 0.709. The zero-order valence-electron chi connectivity index (χ0n) is 13.0. The van der Waals surface area contributed by atoms with Gasteiger partial charge in [0.1, 0.15) is 6.61 Å². The van der Waals surface area contributed by atoms with Crippen molar-refractivity contribution in [2.75, 3.05) is 33.3 Å². The molecule has 3 rings (SSSR count). The number of amides is 2. The molecule has 0 spiro atoms. The first kappa shape index (κ1) is 15.0. The maximum Gasteiger partial charge on any atom is 0.255 e. The third kappa shape index (κ3) is 2.83. The molecule has 2 aliphatic heterocycles. The SMILES string of the molecule is Cc1ncccc1C(=O)N1CC[C@@H]2OCC(=O)N(C)C[C@H]2C1. The first-order valence-electron chi connectivity index (χ1n) is 7.62. The summed E-state index contributed by atoms with van der Waals surface area (Å²) in [4.78, 5) is 32.2. The molecule has 0 radical (unpaired) electrons. The molecule has 2 saturated heterocycles. The van der Waals surface area contributed by atoms with Crippen LogP contribution < -0.4 is 0 Å². The summed E-state index contributed by atoms with van der Waals surface area (Å²) < 4.78 is 5.71. The molecule has 2 amide bonds. The van der Waals surface area contributed by atoms with Gasteiger partial charge in [0.25, 0.3) is 5.91 Å². The molecule has 3 heterocycles. The zero-order valence-corrected chi connectivity index (χ0v) is 13.0. The number of fused-ring (bicyclic) bond motifs is 1. The molecule has 6 nitrogen and oxygen atoms in total. The van der Waals surface area contributed by atoms with Crippen molar-refractivity contribution in [2.24, 2.45) is 5.92 Å². The van der Waals surface area contributed by atoms with Crippen LogP contribution in [-0.2, 0) is 9.53 Å². The van der Waals surface area contributed by atoms with E-state index in [1.165, 1.54) is 0 Å². The number of piperidine rings is 1. The molecule has 2 aliphatic rings. The Labute approximate surface area is 130 Å². The van der Waals surface area contributed by atoms with Gasteiger partial charge in [-0.1, -0.05) is 0 Å². The highest BCUT2D eigenvalue weighted by atomic mass is 16.5. The fourth-order valence-electron chi connectivity index (χ4n) is 3.21. The number of aryl methyl sites for hydroxylation is 1. The van der Waals surface area contributed by atoms with Gasteiger partial charge < -0.3 is 14.5 Å². The van der Waals surface area contributed by atoms with Crippen LogP contribution in [0.25, 0.3) is 0 Å². The van der Waals surface area contributed by atoms with Gasteiger partial charge in [-0.25, -0.2) is 0 Å². The quantitative estimate of drug-likeness (QED) is 0.766. The summed E-state index contributed by atoms with van der Waals surface area (Å²) in [5, 5.41) is 0. The fraction of sp³-hybridized carbons (Fsp3) is 0.562. The normalized spacial score (nSPS) is 25.6. The summed E-state index contributed by atoms with van der Waals surface area (Å²) in [6.07, 6.45) is 2.53. The van der Waals surface area contributed by atoms with Crippen LogP contribution in [0.15, 0.2) is 18.3 Å². The Hall–Kier alpha value is -1.95. The van der Waals surface area contributed by atoms with E-state index in [-0.39, 0.29) is 30.4 Å². The Balaban J connectivity index is 1.74. The van der Waals surface area contributed by atoms with Crippen LogP contribution in [-0.4, -0.2) is 66.0 Å². The van der Waals surface area contributed by atoms with E-state index in [4.69, 9.17) is 4.74 Å². The van der Waals surface area contributed by atoms with Crippen LogP contribution >= 0.6 is 0 Å². The number of rotatable bonds is 1. The lowest BCUT2D eigenvalue weighted by molar-refractivity contribution is -0.133. The minimum atomic E-state index is 0.00961. The molecule has 118 valence electrons. The van der Waals surface area contributed by atoms with Gasteiger partial charge in [-0.05, 0) is 25.5 Å². The number of likely N-dealkylation sites (N-methyl/N-ethyl adjacent to an activating group) is 1. The van der Waals surface area contributed by atoms with E-state index in [0.717, 1.165) is 12.1 Å². The molecular weight excluding hydrogens is 282 g/mol. The van der Waals surface area contributed by atoms with E-state index in [0.29, 0.717) is 25.2 Å². The van der Waals surface area contributed by atoms with Crippen LogP contribution in [0, 0.1) is 12.8 Å². The van der Waals surface area contributed by atoms with Crippen molar-refractivity contribution in [1.82, 2.24) is 14.8 Å². The van der Waals surface area contributed by atoms with Crippen LogP contribution in [0.5, 0.6) is 0 Å². The molecule has 0 aliphatic carbocycles. The number of aromatic nitrogens is 1. The number of nitrogens with zero attached hydrogens (tertiary/aromatic N) is 3. The van der Waals surface area contributed by atoms with Crippen LogP contribution in [0.2, 0.25) is 0 Å². The van der Waals surface area contributed by atoms with Crippen molar-refractivity contribution >= 4 is 11.8 Å². The molecule has 0 aromatic carbocycles. The molecule has 22 heavy (non-hydrogen) atoms. The molecule has 0 unspecified atom stereocenters. The van der Waals surface area contributed by atoms with Gasteiger partial charge in [0.05, 0.1) is 11.7 Å². The molecular formula is C16H21N3O3. The summed E-state index contributed by atoms with van der Waals surface area (Å²) in [6.45, 7) is 3.91. The second kappa shape index (κ2) is 6.04. The second-order valence-electron chi connectivity index (χ2n) is 6.06. The highest BCUT2D eigenvalue weighted by Gasteiger charge is 2.36. The van der Waals surface area contributed by atoms with Crippen molar-refractivity contribution < 1.29 is 14.3 Å². The number of likely N-dealkylation sites (tertiary alicyclic amines) is 1. The number of carbonyl (C=O) groups is 2. The highest BCUT2D eigenvalue weighted by molar-refractivity contribution is 5.95. The van der Waals surface area contributed by atoms with E-state index in [9.17, 15) is 9.59 Å². The molecule has 1 aromatic heterocycles. The van der Waals surface area contributed by atoms with E-state index in [1.807, 2.05) is 17.9 Å². The fourth-order valence-corrected chi connectivity index (χ4v) is 3.21. The summed E-state index contributed by atoms with van der Waals surface area (Å²) >= 11 is 0. The Kier molecular flexibility index (Phi) is 4.11. The van der Waals surface area contributed by atoms with Crippen molar-refractivity contribution in [3.8, 4) is 0 Å². The lowest BCUT2D eigenvalue weighted by atomic mass is 9.93. The standard InChI is InChI=1S/C16H21N3O3/c1-11-13(4-3-6-17-11)16(21)19-7-5-14-12(9-19)8-18(2)15(20)10-22-14/h3-4,6,12,14H,5,7-10H2,1-2H3/t12-,14-/m0/s1. The predicted molar refractivity (Wildman–Crippen MR) is 80.4 cm³/mol. The van der Waals surface area contributed by atoms with E-state index in [1.54, 1.807) is 24.2 Å². The van der Waals surface area contributed by atoms with Crippen molar-refractivity contribution in [2.45, 2.75) is 19.4 Å². The molecule has 0 N–H and O–H groups in total. The summed E-state index contributed by atoms with van der Waals surface area (Å²) in [6, 6.07) is 3.60. The minimum Gasteiger partial charge on any atom is -0.368 e. The number of hydrogen-bond acceptors (Lipinski definition) is 4. The number of hydrogen-bond donors (Lipinski definition) is 0. The third-order valence-corrected chi connectivity index (χ3v) is 4.54. The Bertz CT molecular complexity index is 590. The van der Waals surface area contributed by atoms with Gasteiger partial charge in [0.2, 0.25) is 5.91 Å². The molecule has 6 heteroatoms. The van der Waals surface area contributed by atoms with E-state index >= 15 is 0 Å². The van der Waals surface area contributed by atoms with Gasteiger partial charge in [-0.2, -0.15) is 0 Å². The largest absolute Gasteiger partial charge is 0.368 e. The van der Waals surface area contributed by atoms with E-state index in [2.05, 4.69) is 4.98 Å². The van der Waals surface area contributed by atoms with Gasteiger partial charge >= 0.3 is 0 Å².